The van der Waals surface area contributed by atoms with Crippen LogP contribution in [0.3, 0.4) is 0 Å². The molecule has 2 aromatic rings. The number of imidazole rings is 1. The third-order valence-corrected chi connectivity index (χ3v) is 4.67. The highest BCUT2D eigenvalue weighted by atomic mass is 127. The summed E-state index contributed by atoms with van der Waals surface area (Å²) in [6, 6.07) is 3.83. The Morgan fingerprint density at radius 2 is 2.11 bits per heavy atom. The molecule has 1 N–H and O–H groups in total. The Hall–Kier alpha value is -1.16. The maximum Gasteiger partial charge on any atom is 0.280 e. The van der Waals surface area contributed by atoms with Gasteiger partial charge in [-0.1, -0.05) is 0 Å². The van der Waals surface area contributed by atoms with Crippen LogP contribution in [-0.4, -0.2) is 18.0 Å². The van der Waals surface area contributed by atoms with E-state index in [0.717, 1.165) is 0 Å². The van der Waals surface area contributed by atoms with Crippen LogP contribution in [0.1, 0.15) is 5.82 Å². The molecule has 5 nitrogen and oxygen atoms in total. The van der Waals surface area contributed by atoms with E-state index in [0.29, 0.717) is 15.1 Å². The Balaban J connectivity index is 2.36. The first-order valence-electron chi connectivity index (χ1n) is 5.27. The largest absolute Gasteiger partial charge is 0.337 e. The van der Waals surface area contributed by atoms with Crippen LogP contribution < -0.4 is 4.72 Å². The van der Waals surface area contributed by atoms with E-state index in [1.165, 1.54) is 24.4 Å². The summed E-state index contributed by atoms with van der Waals surface area (Å²) in [4.78, 5) is 3.96. The first kappa shape index (κ1) is 14.3. The highest BCUT2D eigenvalue weighted by Gasteiger charge is 2.19. The molecule has 19 heavy (non-hydrogen) atoms. The predicted molar refractivity (Wildman–Crippen MR) is 77.9 cm³/mol. The van der Waals surface area contributed by atoms with Gasteiger partial charge in [-0.3, -0.25) is 4.72 Å². The van der Waals surface area contributed by atoms with Crippen LogP contribution in [0.2, 0.25) is 0 Å². The van der Waals surface area contributed by atoms with Crippen molar-refractivity contribution in [3.8, 4) is 0 Å². The summed E-state index contributed by atoms with van der Waals surface area (Å²) in [6.45, 7) is 1.71. The minimum atomic E-state index is -3.76. The molecule has 0 atom stereocenters. The van der Waals surface area contributed by atoms with Crippen molar-refractivity contribution in [1.29, 1.82) is 0 Å². The van der Waals surface area contributed by atoms with E-state index in [4.69, 9.17) is 0 Å². The van der Waals surface area contributed by atoms with Gasteiger partial charge in [0.15, 0.2) is 5.03 Å². The van der Waals surface area contributed by atoms with E-state index in [2.05, 4.69) is 9.71 Å². The van der Waals surface area contributed by atoms with Crippen molar-refractivity contribution in [2.45, 2.75) is 11.9 Å². The molecule has 1 aromatic heterocycles. The fourth-order valence-corrected chi connectivity index (χ4v) is 3.34. The Kier molecular flexibility index (Phi) is 3.81. The number of sulfonamides is 1. The van der Waals surface area contributed by atoms with Crippen LogP contribution >= 0.6 is 22.6 Å². The van der Waals surface area contributed by atoms with Gasteiger partial charge in [-0.2, -0.15) is 8.42 Å². The molecule has 0 aliphatic carbocycles. The molecule has 2 rings (SSSR count). The van der Waals surface area contributed by atoms with Gasteiger partial charge in [0.2, 0.25) is 0 Å². The smallest absolute Gasteiger partial charge is 0.280 e. The standard InChI is InChI=1S/C11H11FIN3O2S/c1-7-14-11(6-16(7)2)19(17,18)15-10-4-3-8(12)5-9(10)13/h3-6,15H,1-2H3. The lowest BCUT2D eigenvalue weighted by Crippen LogP contribution is -2.14. The number of nitrogens with zero attached hydrogens (tertiary/aromatic N) is 2. The monoisotopic (exact) mass is 395 g/mol. The number of aryl methyl sites for hydroxylation is 2. The lowest BCUT2D eigenvalue weighted by Gasteiger charge is -2.07. The van der Waals surface area contributed by atoms with Crippen molar-refractivity contribution < 1.29 is 12.8 Å². The highest BCUT2D eigenvalue weighted by molar-refractivity contribution is 14.1. The van der Waals surface area contributed by atoms with Gasteiger partial charge >= 0.3 is 0 Å². The minimum absolute atomic E-state index is 0.0624. The average molecular weight is 395 g/mol. The lowest BCUT2D eigenvalue weighted by atomic mass is 10.3. The molecule has 8 heteroatoms. The summed E-state index contributed by atoms with van der Waals surface area (Å²) in [5.74, 6) is 0.176. The topological polar surface area (TPSA) is 64.0 Å². The zero-order valence-corrected chi connectivity index (χ0v) is 13.2. The molecule has 0 saturated heterocycles. The molecule has 0 fully saturated rings. The van der Waals surface area contributed by atoms with Gasteiger partial charge in [-0.15, -0.1) is 0 Å². The van der Waals surface area contributed by atoms with E-state index in [-0.39, 0.29) is 5.03 Å². The maximum absolute atomic E-state index is 13.0. The van der Waals surface area contributed by atoms with E-state index in [1.807, 2.05) is 22.6 Å². The molecule has 0 saturated carbocycles. The minimum Gasteiger partial charge on any atom is -0.337 e. The lowest BCUT2D eigenvalue weighted by molar-refractivity contribution is 0.597. The molecule has 0 bridgehead atoms. The summed E-state index contributed by atoms with van der Waals surface area (Å²) >= 11 is 1.86. The summed E-state index contributed by atoms with van der Waals surface area (Å²) in [5, 5.41) is -0.0624. The molecule has 0 unspecified atom stereocenters. The quantitative estimate of drug-likeness (QED) is 0.812. The second-order valence-electron chi connectivity index (χ2n) is 3.97. The molecule has 0 amide bonds. The number of aromatic nitrogens is 2. The van der Waals surface area contributed by atoms with Crippen LogP contribution in [0.4, 0.5) is 10.1 Å². The molecular weight excluding hydrogens is 384 g/mol. The molecule has 0 aliphatic rings. The van der Waals surface area contributed by atoms with E-state index in [1.54, 1.807) is 18.5 Å². The first-order valence-corrected chi connectivity index (χ1v) is 7.83. The summed E-state index contributed by atoms with van der Waals surface area (Å²) in [7, 11) is -2.05. The molecule has 102 valence electrons. The SMILES string of the molecule is Cc1nc(S(=O)(=O)Nc2ccc(F)cc2I)cn1C. The molecule has 0 aliphatic heterocycles. The number of benzene rings is 1. The predicted octanol–water partition coefficient (Wildman–Crippen LogP) is 2.27. The fraction of sp³-hybridized carbons (Fsp3) is 0.182. The van der Waals surface area contributed by atoms with Gasteiger partial charge in [-0.25, -0.2) is 9.37 Å². The van der Waals surface area contributed by atoms with Crippen LogP contribution in [0, 0.1) is 16.3 Å². The zero-order valence-electron chi connectivity index (χ0n) is 10.2. The normalized spacial score (nSPS) is 11.6. The number of nitrogens with one attached hydrogen (secondary N) is 1. The van der Waals surface area contributed by atoms with Crippen molar-refractivity contribution in [2.24, 2.45) is 7.05 Å². The van der Waals surface area contributed by atoms with E-state index in [9.17, 15) is 12.8 Å². The number of rotatable bonds is 3. The third kappa shape index (κ3) is 3.06. The Bertz CT molecular complexity index is 708. The van der Waals surface area contributed by atoms with Gasteiger partial charge in [0.05, 0.1) is 5.69 Å². The molecule has 0 radical (unpaired) electrons. The Morgan fingerprint density at radius 1 is 1.42 bits per heavy atom. The second kappa shape index (κ2) is 5.08. The number of hydrogen-bond donors (Lipinski definition) is 1. The molecule has 1 heterocycles. The van der Waals surface area contributed by atoms with Crippen LogP contribution in [-0.2, 0) is 17.1 Å². The van der Waals surface area contributed by atoms with E-state index >= 15 is 0 Å². The van der Waals surface area contributed by atoms with Crippen molar-refractivity contribution in [1.82, 2.24) is 9.55 Å². The van der Waals surface area contributed by atoms with Crippen molar-refractivity contribution in [3.63, 3.8) is 0 Å². The number of anilines is 1. The molecular formula is C11H11FIN3O2S. The van der Waals surface area contributed by atoms with Crippen LogP contribution in [0.5, 0.6) is 0 Å². The highest BCUT2D eigenvalue weighted by Crippen LogP contribution is 2.22. The second-order valence-corrected chi connectivity index (χ2v) is 6.76. The molecule has 1 aromatic carbocycles. The average Bonchev–Trinajstić information content (AvgIpc) is 2.64. The number of halogens is 2. The third-order valence-electron chi connectivity index (χ3n) is 2.54. The first-order chi connectivity index (χ1) is 8.79. The van der Waals surface area contributed by atoms with Gasteiger partial charge in [0.25, 0.3) is 10.0 Å². The Labute approximate surface area is 124 Å². The molecule has 0 spiro atoms. The summed E-state index contributed by atoms with van der Waals surface area (Å²) < 4.78 is 41.7. The van der Waals surface area contributed by atoms with Crippen molar-refractivity contribution in [3.05, 3.63) is 39.6 Å². The summed E-state index contributed by atoms with van der Waals surface area (Å²) in [6.07, 6.45) is 1.42. The zero-order chi connectivity index (χ0) is 14.2. The van der Waals surface area contributed by atoms with Crippen LogP contribution in [0.15, 0.2) is 29.4 Å². The maximum atomic E-state index is 13.0. The van der Waals surface area contributed by atoms with Crippen LogP contribution in [0.25, 0.3) is 0 Å². The Morgan fingerprint density at radius 3 is 2.63 bits per heavy atom. The number of hydrogen-bond acceptors (Lipinski definition) is 3. The van der Waals surface area contributed by atoms with Gasteiger partial charge in [0.1, 0.15) is 11.6 Å². The summed E-state index contributed by atoms with van der Waals surface area (Å²) in [5.41, 5.74) is 0.324. The fourth-order valence-electron chi connectivity index (χ4n) is 1.43. The van der Waals surface area contributed by atoms with Gasteiger partial charge < -0.3 is 4.57 Å². The van der Waals surface area contributed by atoms with Crippen molar-refractivity contribution in [2.75, 3.05) is 4.72 Å². The van der Waals surface area contributed by atoms with Gasteiger partial charge in [0, 0.05) is 16.8 Å². The van der Waals surface area contributed by atoms with Crippen molar-refractivity contribution >= 4 is 38.3 Å². The van der Waals surface area contributed by atoms with E-state index < -0.39 is 15.8 Å². The van der Waals surface area contributed by atoms with Gasteiger partial charge in [-0.05, 0) is 47.7 Å².